The van der Waals surface area contributed by atoms with Gasteiger partial charge in [-0.2, -0.15) is 4.31 Å². The molecule has 0 radical (unpaired) electrons. The molecule has 3 rings (SSSR count). The van der Waals surface area contributed by atoms with E-state index < -0.39 is 10.0 Å². The predicted molar refractivity (Wildman–Crippen MR) is 86.8 cm³/mol. The Morgan fingerprint density at radius 1 is 1.36 bits per heavy atom. The molecule has 2 aliphatic rings. The minimum Gasteiger partial charge on any atom is -0.487 e. The summed E-state index contributed by atoms with van der Waals surface area (Å²) in [6.45, 7) is 5.36. The van der Waals surface area contributed by atoms with Crippen molar-refractivity contribution in [3.8, 4) is 5.75 Å². The zero-order chi connectivity index (χ0) is 15.7. The Balaban J connectivity index is 1.92. The van der Waals surface area contributed by atoms with Crippen LogP contribution in [0.5, 0.6) is 5.75 Å². The van der Waals surface area contributed by atoms with Gasteiger partial charge in [-0.1, -0.05) is 13.3 Å². The predicted octanol–water partition coefficient (Wildman–Crippen LogP) is 2.83. The zero-order valence-corrected chi connectivity index (χ0v) is 14.0. The Kier molecular flexibility index (Phi) is 4.32. The molecule has 0 bridgehead atoms. The molecule has 5 nitrogen and oxygen atoms in total. The van der Waals surface area contributed by atoms with Crippen LogP contribution in [0.4, 0.5) is 5.69 Å². The summed E-state index contributed by atoms with van der Waals surface area (Å²) < 4.78 is 33.3. The van der Waals surface area contributed by atoms with Crippen LogP contribution in [0.15, 0.2) is 23.1 Å². The Bertz CT molecular complexity index is 645. The highest BCUT2D eigenvalue weighted by atomic mass is 32.2. The molecule has 0 amide bonds. The molecule has 1 fully saturated rings. The molecular weight excluding hydrogens is 300 g/mol. The minimum absolute atomic E-state index is 0.0986. The fourth-order valence-electron chi connectivity index (χ4n) is 3.26. The van der Waals surface area contributed by atoms with Crippen molar-refractivity contribution in [2.45, 2.75) is 56.6 Å². The van der Waals surface area contributed by atoms with Crippen molar-refractivity contribution in [2.75, 3.05) is 18.4 Å². The number of anilines is 1. The summed E-state index contributed by atoms with van der Waals surface area (Å²) in [6.07, 6.45) is 3.98. The van der Waals surface area contributed by atoms with Crippen LogP contribution in [0.25, 0.3) is 0 Å². The van der Waals surface area contributed by atoms with E-state index >= 15 is 0 Å². The molecule has 6 heteroatoms. The maximum absolute atomic E-state index is 13.0. The van der Waals surface area contributed by atoms with Gasteiger partial charge >= 0.3 is 0 Å². The summed E-state index contributed by atoms with van der Waals surface area (Å²) in [6, 6.07) is 5.25. The van der Waals surface area contributed by atoms with E-state index in [0.717, 1.165) is 37.1 Å². The van der Waals surface area contributed by atoms with E-state index in [9.17, 15) is 8.42 Å². The van der Waals surface area contributed by atoms with E-state index in [0.29, 0.717) is 18.0 Å². The summed E-state index contributed by atoms with van der Waals surface area (Å²) in [5.74, 6) is 0.725. The lowest BCUT2D eigenvalue weighted by atomic mass is 10.0. The van der Waals surface area contributed by atoms with Gasteiger partial charge in [-0.3, -0.25) is 0 Å². The first kappa shape index (κ1) is 15.6. The van der Waals surface area contributed by atoms with Crippen LogP contribution in [0, 0.1) is 0 Å². The van der Waals surface area contributed by atoms with E-state index in [2.05, 4.69) is 12.2 Å². The standard InChI is InChI=1S/C16H24N2O3S/c1-3-13-6-4-5-9-18(13)22(19,20)14-7-8-16-15(10-14)17-11-12(2)21-16/h7-8,10,12-13,17H,3-6,9,11H2,1-2H3. The van der Waals surface area contributed by atoms with Crippen molar-refractivity contribution in [1.82, 2.24) is 4.31 Å². The Labute approximate surface area is 132 Å². The lowest BCUT2D eigenvalue weighted by Crippen LogP contribution is -2.43. The van der Waals surface area contributed by atoms with E-state index in [4.69, 9.17) is 4.74 Å². The van der Waals surface area contributed by atoms with Gasteiger partial charge in [0.15, 0.2) is 0 Å². The SMILES string of the molecule is CCC1CCCCN1S(=O)(=O)c1ccc2c(c1)NCC(C)O2. The molecular formula is C16H24N2O3S. The molecule has 1 saturated heterocycles. The number of sulfonamides is 1. The van der Waals surface area contributed by atoms with Gasteiger partial charge in [-0.15, -0.1) is 0 Å². The van der Waals surface area contributed by atoms with Gasteiger partial charge in [-0.05, 0) is 44.4 Å². The molecule has 2 heterocycles. The van der Waals surface area contributed by atoms with Crippen LogP contribution in [0.3, 0.4) is 0 Å². The van der Waals surface area contributed by atoms with Crippen LogP contribution < -0.4 is 10.1 Å². The smallest absolute Gasteiger partial charge is 0.243 e. The number of hydrogen-bond donors (Lipinski definition) is 1. The van der Waals surface area contributed by atoms with Gasteiger partial charge in [-0.25, -0.2) is 8.42 Å². The largest absolute Gasteiger partial charge is 0.487 e. The highest BCUT2D eigenvalue weighted by Crippen LogP contribution is 2.34. The van der Waals surface area contributed by atoms with Crippen LogP contribution in [-0.4, -0.2) is 38.0 Å². The fraction of sp³-hybridized carbons (Fsp3) is 0.625. The highest BCUT2D eigenvalue weighted by Gasteiger charge is 2.33. The van der Waals surface area contributed by atoms with Crippen molar-refractivity contribution >= 4 is 15.7 Å². The van der Waals surface area contributed by atoms with Crippen molar-refractivity contribution in [1.29, 1.82) is 0 Å². The maximum atomic E-state index is 13.0. The number of fused-ring (bicyclic) bond motifs is 1. The topological polar surface area (TPSA) is 58.6 Å². The summed E-state index contributed by atoms with van der Waals surface area (Å²) in [4.78, 5) is 0.359. The molecule has 2 atom stereocenters. The van der Waals surface area contributed by atoms with Gasteiger partial charge in [0.05, 0.1) is 17.1 Å². The molecule has 122 valence electrons. The van der Waals surface area contributed by atoms with Crippen LogP contribution in [0.1, 0.15) is 39.5 Å². The molecule has 0 aromatic heterocycles. The normalized spacial score (nSPS) is 25.9. The second-order valence-corrected chi connectivity index (χ2v) is 8.03. The monoisotopic (exact) mass is 324 g/mol. The van der Waals surface area contributed by atoms with Gasteiger partial charge < -0.3 is 10.1 Å². The van der Waals surface area contributed by atoms with Crippen LogP contribution in [0.2, 0.25) is 0 Å². The summed E-state index contributed by atoms with van der Waals surface area (Å²) in [7, 11) is -3.43. The van der Waals surface area contributed by atoms with Crippen LogP contribution in [-0.2, 0) is 10.0 Å². The summed E-state index contributed by atoms with van der Waals surface area (Å²) in [5, 5.41) is 3.25. The fourth-order valence-corrected chi connectivity index (χ4v) is 5.05. The lowest BCUT2D eigenvalue weighted by molar-refractivity contribution is 0.226. The number of rotatable bonds is 3. The Morgan fingerprint density at radius 2 is 2.18 bits per heavy atom. The number of hydrogen-bond acceptors (Lipinski definition) is 4. The Hall–Kier alpha value is -1.27. The third-order valence-corrected chi connectivity index (χ3v) is 6.46. The van der Waals surface area contributed by atoms with E-state index in [1.54, 1.807) is 22.5 Å². The molecule has 1 aromatic carbocycles. The van der Waals surface area contributed by atoms with E-state index in [1.807, 2.05) is 6.92 Å². The van der Waals surface area contributed by atoms with E-state index in [-0.39, 0.29) is 12.1 Å². The molecule has 0 spiro atoms. The number of piperidine rings is 1. The maximum Gasteiger partial charge on any atom is 0.243 e. The molecule has 2 unspecified atom stereocenters. The number of nitrogens with one attached hydrogen (secondary N) is 1. The second-order valence-electron chi connectivity index (χ2n) is 6.14. The first-order valence-electron chi connectivity index (χ1n) is 8.09. The van der Waals surface area contributed by atoms with Gasteiger partial charge in [0.25, 0.3) is 0 Å². The summed E-state index contributed by atoms with van der Waals surface area (Å²) >= 11 is 0. The second kappa shape index (κ2) is 6.08. The van der Waals surface area contributed by atoms with Crippen molar-refractivity contribution in [2.24, 2.45) is 0 Å². The quantitative estimate of drug-likeness (QED) is 0.929. The average Bonchev–Trinajstić information content (AvgIpc) is 2.54. The third kappa shape index (κ3) is 2.82. The molecule has 0 aliphatic carbocycles. The first-order chi connectivity index (χ1) is 10.5. The van der Waals surface area contributed by atoms with Crippen molar-refractivity contribution < 1.29 is 13.2 Å². The molecule has 1 aromatic rings. The molecule has 1 N–H and O–H groups in total. The van der Waals surface area contributed by atoms with Crippen LogP contribution >= 0.6 is 0 Å². The number of ether oxygens (including phenoxy) is 1. The van der Waals surface area contributed by atoms with Gasteiger partial charge in [0, 0.05) is 12.6 Å². The molecule has 0 saturated carbocycles. The lowest BCUT2D eigenvalue weighted by Gasteiger charge is -2.34. The van der Waals surface area contributed by atoms with Gasteiger partial charge in [0.2, 0.25) is 10.0 Å². The highest BCUT2D eigenvalue weighted by molar-refractivity contribution is 7.89. The molecule has 22 heavy (non-hydrogen) atoms. The van der Waals surface area contributed by atoms with E-state index in [1.165, 1.54) is 0 Å². The minimum atomic E-state index is -3.43. The van der Waals surface area contributed by atoms with Crippen molar-refractivity contribution in [3.05, 3.63) is 18.2 Å². The summed E-state index contributed by atoms with van der Waals surface area (Å²) in [5.41, 5.74) is 0.768. The zero-order valence-electron chi connectivity index (χ0n) is 13.2. The van der Waals surface area contributed by atoms with Crippen molar-refractivity contribution in [3.63, 3.8) is 0 Å². The number of nitrogens with zero attached hydrogens (tertiary/aromatic N) is 1. The third-order valence-electron chi connectivity index (χ3n) is 4.51. The number of benzene rings is 1. The average molecular weight is 324 g/mol. The van der Waals surface area contributed by atoms with Gasteiger partial charge in [0.1, 0.15) is 11.9 Å². The molecule has 2 aliphatic heterocycles. The first-order valence-corrected chi connectivity index (χ1v) is 9.53. The Morgan fingerprint density at radius 3 is 2.95 bits per heavy atom.